The summed E-state index contributed by atoms with van der Waals surface area (Å²) in [6.45, 7) is 0.849. The second kappa shape index (κ2) is 7.40. The molecule has 1 amide bonds. The van der Waals surface area contributed by atoms with Gasteiger partial charge in [-0.25, -0.2) is 0 Å². The van der Waals surface area contributed by atoms with Crippen LogP contribution >= 0.6 is 15.9 Å². The van der Waals surface area contributed by atoms with Gasteiger partial charge in [-0.05, 0) is 42.7 Å². The predicted octanol–water partition coefficient (Wildman–Crippen LogP) is 4.90. The first-order valence-electron chi connectivity index (χ1n) is 8.14. The van der Waals surface area contributed by atoms with Gasteiger partial charge in [0.2, 0.25) is 0 Å². The quantitative estimate of drug-likeness (QED) is 0.755. The molecule has 3 rings (SSSR count). The van der Waals surface area contributed by atoms with Gasteiger partial charge in [0.15, 0.2) is 0 Å². The van der Waals surface area contributed by atoms with E-state index in [1.807, 2.05) is 24.3 Å². The van der Waals surface area contributed by atoms with E-state index >= 15 is 0 Å². The van der Waals surface area contributed by atoms with Crippen LogP contribution < -0.4 is 5.32 Å². The molecule has 0 radical (unpaired) electrons. The van der Waals surface area contributed by atoms with Crippen LogP contribution in [0.2, 0.25) is 0 Å². The first kappa shape index (κ1) is 18.9. The number of carbonyl (C=O) groups excluding carboxylic acids is 1. The summed E-state index contributed by atoms with van der Waals surface area (Å²) in [4.78, 5) is 12.8. The Kier molecular flexibility index (Phi) is 5.39. The third kappa shape index (κ3) is 3.94. The van der Waals surface area contributed by atoms with Gasteiger partial charge >= 0.3 is 6.18 Å². The van der Waals surface area contributed by atoms with Crippen molar-refractivity contribution in [1.29, 1.82) is 0 Å². The molecule has 138 valence electrons. The molecule has 1 fully saturated rings. The average molecular weight is 428 g/mol. The first-order chi connectivity index (χ1) is 12.3. The molecule has 0 unspecified atom stereocenters. The van der Waals surface area contributed by atoms with Crippen molar-refractivity contribution in [3.63, 3.8) is 0 Å². The van der Waals surface area contributed by atoms with Crippen LogP contribution in [0.15, 0.2) is 53.0 Å². The number of hydrogen-bond acceptors (Lipinski definition) is 2. The van der Waals surface area contributed by atoms with Crippen LogP contribution in [0.5, 0.6) is 0 Å². The third-order valence-corrected chi connectivity index (χ3v) is 5.05. The summed E-state index contributed by atoms with van der Waals surface area (Å²) in [5.41, 5.74) is -1.24. The molecule has 1 aliphatic rings. The van der Waals surface area contributed by atoms with Gasteiger partial charge < -0.3 is 10.1 Å². The molecule has 0 saturated carbocycles. The van der Waals surface area contributed by atoms with Crippen molar-refractivity contribution in [2.45, 2.75) is 24.6 Å². The van der Waals surface area contributed by atoms with Crippen LogP contribution in [0.25, 0.3) is 0 Å². The molecule has 1 aliphatic heterocycles. The minimum absolute atomic E-state index is 0.374. The molecule has 0 atom stereocenters. The molecule has 2 aromatic carbocycles. The number of carbonyl (C=O) groups is 1. The zero-order chi connectivity index (χ0) is 18.8. The highest BCUT2D eigenvalue weighted by molar-refractivity contribution is 9.10. The number of benzene rings is 2. The van der Waals surface area contributed by atoms with E-state index < -0.39 is 23.2 Å². The highest BCUT2D eigenvalue weighted by Crippen LogP contribution is 2.36. The summed E-state index contributed by atoms with van der Waals surface area (Å²) in [7, 11) is 0. The van der Waals surface area contributed by atoms with Crippen LogP contribution in [0.1, 0.15) is 34.3 Å². The topological polar surface area (TPSA) is 38.3 Å². The highest BCUT2D eigenvalue weighted by Gasteiger charge is 2.39. The number of amides is 1. The fourth-order valence-electron chi connectivity index (χ4n) is 3.20. The molecule has 7 heteroatoms. The lowest BCUT2D eigenvalue weighted by Gasteiger charge is -2.39. The highest BCUT2D eigenvalue weighted by atomic mass is 79.9. The Hall–Kier alpha value is -1.86. The van der Waals surface area contributed by atoms with Crippen LogP contribution in [0.3, 0.4) is 0 Å². The van der Waals surface area contributed by atoms with Crippen molar-refractivity contribution >= 4 is 21.8 Å². The first-order valence-corrected chi connectivity index (χ1v) is 8.94. The maximum absolute atomic E-state index is 13.3. The largest absolute Gasteiger partial charge is 0.417 e. The number of ether oxygens (including phenoxy) is 1. The average Bonchev–Trinajstić information content (AvgIpc) is 2.62. The number of rotatable bonds is 3. The maximum Gasteiger partial charge on any atom is 0.417 e. The zero-order valence-electron chi connectivity index (χ0n) is 13.8. The lowest BCUT2D eigenvalue weighted by Crippen LogP contribution is -2.49. The van der Waals surface area contributed by atoms with Crippen molar-refractivity contribution in [1.82, 2.24) is 5.32 Å². The van der Waals surface area contributed by atoms with Crippen molar-refractivity contribution < 1.29 is 22.7 Å². The van der Waals surface area contributed by atoms with Crippen molar-refractivity contribution in [2.24, 2.45) is 0 Å². The predicted molar refractivity (Wildman–Crippen MR) is 94.8 cm³/mol. The minimum Gasteiger partial charge on any atom is -0.381 e. The molecule has 0 spiro atoms. The van der Waals surface area contributed by atoms with Gasteiger partial charge in [0, 0.05) is 17.7 Å². The number of alkyl halides is 3. The molecule has 0 bridgehead atoms. The number of hydrogen-bond donors (Lipinski definition) is 1. The lowest BCUT2D eigenvalue weighted by molar-refractivity contribution is -0.138. The van der Waals surface area contributed by atoms with Crippen molar-refractivity contribution in [3.05, 3.63) is 69.7 Å². The SMILES string of the molecule is O=C(NC1(c2cccc(Br)c2)CCOCC1)c1ccccc1C(F)(F)F. The van der Waals surface area contributed by atoms with E-state index in [1.54, 1.807) is 0 Å². The molecule has 0 aliphatic carbocycles. The summed E-state index contributed by atoms with van der Waals surface area (Å²) in [6, 6.07) is 12.3. The van der Waals surface area contributed by atoms with E-state index in [4.69, 9.17) is 4.74 Å². The number of halogens is 4. The zero-order valence-corrected chi connectivity index (χ0v) is 15.4. The van der Waals surface area contributed by atoms with Crippen molar-refractivity contribution in [3.8, 4) is 0 Å². The smallest absolute Gasteiger partial charge is 0.381 e. The number of nitrogens with one attached hydrogen (secondary N) is 1. The van der Waals surface area contributed by atoms with Gasteiger partial charge in [-0.2, -0.15) is 13.2 Å². The molecule has 1 heterocycles. The summed E-state index contributed by atoms with van der Waals surface area (Å²) in [6.07, 6.45) is -3.61. The lowest BCUT2D eigenvalue weighted by atomic mass is 9.82. The second-order valence-corrected chi connectivity index (χ2v) is 7.12. The van der Waals surface area contributed by atoms with Gasteiger partial charge in [0.1, 0.15) is 0 Å². The van der Waals surface area contributed by atoms with E-state index in [-0.39, 0.29) is 5.56 Å². The molecule has 0 aromatic heterocycles. The summed E-state index contributed by atoms with van der Waals surface area (Å²) < 4.78 is 46.0. The molecule has 1 saturated heterocycles. The fraction of sp³-hybridized carbons (Fsp3) is 0.316. The van der Waals surface area contributed by atoms with Crippen LogP contribution in [-0.4, -0.2) is 19.1 Å². The van der Waals surface area contributed by atoms with E-state index in [0.717, 1.165) is 16.1 Å². The van der Waals surface area contributed by atoms with Gasteiger partial charge in [0.25, 0.3) is 5.91 Å². The Morgan fingerprint density at radius 1 is 1.08 bits per heavy atom. The molecule has 26 heavy (non-hydrogen) atoms. The third-order valence-electron chi connectivity index (χ3n) is 4.55. The van der Waals surface area contributed by atoms with Gasteiger partial charge in [-0.15, -0.1) is 0 Å². The molecular formula is C19H17BrF3NO2. The van der Waals surface area contributed by atoms with Crippen LogP contribution in [0, 0.1) is 0 Å². The van der Waals surface area contributed by atoms with Crippen LogP contribution in [0.4, 0.5) is 13.2 Å². The molecular weight excluding hydrogens is 411 g/mol. The molecule has 2 aromatic rings. The summed E-state index contributed by atoms with van der Waals surface area (Å²) in [5.74, 6) is -0.736. The summed E-state index contributed by atoms with van der Waals surface area (Å²) >= 11 is 3.41. The van der Waals surface area contributed by atoms with Gasteiger partial charge in [-0.3, -0.25) is 4.79 Å². The van der Waals surface area contributed by atoms with Crippen LogP contribution in [-0.2, 0) is 16.5 Å². The fourth-order valence-corrected chi connectivity index (χ4v) is 3.60. The van der Waals surface area contributed by atoms with E-state index in [0.29, 0.717) is 26.1 Å². The molecule has 3 nitrogen and oxygen atoms in total. The van der Waals surface area contributed by atoms with E-state index in [1.165, 1.54) is 18.2 Å². The Balaban J connectivity index is 1.97. The summed E-state index contributed by atoms with van der Waals surface area (Å²) in [5, 5.41) is 2.86. The minimum atomic E-state index is -4.59. The van der Waals surface area contributed by atoms with E-state index in [9.17, 15) is 18.0 Å². The van der Waals surface area contributed by atoms with Gasteiger partial charge in [-0.1, -0.05) is 40.2 Å². The molecule has 1 N–H and O–H groups in total. The monoisotopic (exact) mass is 427 g/mol. The van der Waals surface area contributed by atoms with E-state index in [2.05, 4.69) is 21.2 Å². The standard InChI is InChI=1S/C19H17BrF3NO2/c20-14-5-3-4-13(12-14)18(8-10-26-11-9-18)24-17(25)15-6-1-2-7-16(15)19(21,22)23/h1-7,12H,8-11H2,(H,24,25). The Morgan fingerprint density at radius 3 is 2.42 bits per heavy atom. The van der Waals surface area contributed by atoms with Crippen molar-refractivity contribution in [2.75, 3.05) is 13.2 Å². The van der Waals surface area contributed by atoms with Gasteiger partial charge in [0.05, 0.1) is 16.7 Å². The Morgan fingerprint density at radius 2 is 1.77 bits per heavy atom. The Bertz CT molecular complexity index is 801. The Labute approximate surface area is 157 Å². The normalized spacial score (nSPS) is 16.9. The second-order valence-electron chi connectivity index (χ2n) is 6.20. The maximum atomic E-state index is 13.3.